The summed E-state index contributed by atoms with van der Waals surface area (Å²) in [5, 5.41) is 6.81. The summed E-state index contributed by atoms with van der Waals surface area (Å²) in [4.78, 5) is 9.41. The maximum Gasteiger partial charge on any atom is 0.131 e. The van der Waals surface area contributed by atoms with E-state index in [4.69, 9.17) is 4.98 Å². The third-order valence-electron chi connectivity index (χ3n) is 3.79. The van der Waals surface area contributed by atoms with Crippen molar-refractivity contribution >= 4 is 0 Å². The molecular weight excluding hydrogens is 212 g/mol. The van der Waals surface area contributed by atoms with Crippen LogP contribution in [-0.4, -0.2) is 36.1 Å². The van der Waals surface area contributed by atoms with Crippen LogP contribution in [0.2, 0.25) is 0 Å². The molecule has 1 aromatic rings. The predicted octanol–water partition coefficient (Wildman–Crippen LogP) is 0.632. The molecule has 0 radical (unpaired) electrons. The fraction of sp³-hybridized carbons (Fsp3) is 0.692. The number of rotatable bonds is 1. The van der Waals surface area contributed by atoms with Gasteiger partial charge in [-0.1, -0.05) is 0 Å². The highest BCUT2D eigenvalue weighted by molar-refractivity contribution is 5.21. The molecule has 0 saturated carbocycles. The molecule has 4 nitrogen and oxygen atoms in total. The molecule has 0 amide bonds. The molecule has 92 valence electrons. The van der Waals surface area contributed by atoms with Gasteiger partial charge in [0, 0.05) is 30.8 Å². The quantitative estimate of drug-likeness (QED) is 0.746. The van der Waals surface area contributed by atoms with Crippen molar-refractivity contribution in [1.82, 2.24) is 20.6 Å². The summed E-state index contributed by atoms with van der Waals surface area (Å²) in [6.45, 7) is 4.32. The summed E-state index contributed by atoms with van der Waals surface area (Å²) in [6, 6.07) is 0. The topological polar surface area (TPSA) is 49.8 Å². The first-order valence-electron chi connectivity index (χ1n) is 6.69. The van der Waals surface area contributed by atoms with Crippen molar-refractivity contribution in [3.63, 3.8) is 0 Å². The minimum Gasteiger partial charge on any atom is -0.317 e. The predicted molar refractivity (Wildman–Crippen MR) is 67.2 cm³/mol. The SMILES string of the molecule is c1nc(C2CCNCC2)nc2c1CCNCC2. The average Bonchev–Trinajstić information content (AvgIpc) is 2.64. The Morgan fingerprint density at radius 3 is 2.65 bits per heavy atom. The van der Waals surface area contributed by atoms with Crippen LogP contribution in [-0.2, 0) is 12.8 Å². The number of nitrogens with zero attached hydrogens (tertiary/aromatic N) is 2. The molecule has 0 spiro atoms. The zero-order chi connectivity index (χ0) is 11.5. The summed E-state index contributed by atoms with van der Waals surface area (Å²) in [5.74, 6) is 1.64. The van der Waals surface area contributed by atoms with Crippen LogP contribution in [0.15, 0.2) is 6.20 Å². The van der Waals surface area contributed by atoms with Crippen molar-refractivity contribution in [2.45, 2.75) is 31.6 Å². The van der Waals surface area contributed by atoms with Crippen molar-refractivity contribution in [2.75, 3.05) is 26.2 Å². The maximum absolute atomic E-state index is 4.82. The average molecular weight is 232 g/mol. The molecule has 2 N–H and O–H groups in total. The van der Waals surface area contributed by atoms with Gasteiger partial charge in [-0.25, -0.2) is 9.97 Å². The van der Waals surface area contributed by atoms with E-state index in [9.17, 15) is 0 Å². The van der Waals surface area contributed by atoms with E-state index in [1.54, 1.807) is 0 Å². The molecular formula is C13H20N4. The van der Waals surface area contributed by atoms with Crippen LogP contribution in [0.1, 0.15) is 35.8 Å². The fourth-order valence-corrected chi connectivity index (χ4v) is 2.71. The standard InChI is InChI=1S/C13H20N4/c1-5-14-6-2-10(1)13-16-9-11-3-7-15-8-4-12(11)17-13/h9-10,14-15H,1-8H2. The lowest BCUT2D eigenvalue weighted by Gasteiger charge is -2.21. The molecule has 4 heteroatoms. The van der Waals surface area contributed by atoms with Gasteiger partial charge in [0.15, 0.2) is 0 Å². The summed E-state index contributed by atoms with van der Waals surface area (Å²) in [6.07, 6.45) is 6.54. The number of hydrogen-bond acceptors (Lipinski definition) is 4. The van der Waals surface area contributed by atoms with E-state index < -0.39 is 0 Å². The first-order chi connectivity index (χ1) is 8.43. The molecule has 3 rings (SSSR count). The van der Waals surface area contributed by atoms with Crippen LogP contribution in [0.25, 0.3) is 0 Å². The lowest BCUT2D eigenvalue weighted by Crippen LogP contribution is -2.27. The van der Waals surface area contributed by atoms with Gasteiger partial charge in [-0.15, -0.1) is 0 Å². The molecule has 0 atom stereocenters. The van der Waals surface area contributed by atoms with Crippen molar-refractivity contribution in [1.29, 1.82) is 0 Å². The Kier molecular flexibility index (Phi) is 3.34. The van der Waals surface area contributed by atoms with Gasteiger partial charge >= 0.3 is 0 Å². The molecule has 2 aliphatic heterocycles. The minimum atomic E-state index is 0.567. The van der Waals surface area contributed by atoms with Gasteiger partial charge in [0.1, 0.15) is 5.82 Å². The summed E-state index contributed by atoms with van der Waals surface area (Å²) >= 11 is 0. The van der Waals surface area contributed by atoms with Gasteiger partial charge in [0.2, 0.25) is 0 Å². The Hall–Kier alpha value is -1.00. The largest absolute Gasteiger partial charge is 0.317 e. The zero-order valence-electron chi connectivity index (χ0n) is 10.2. The highest BCUT2D eigenvalue weighted by Crippen LogP contribution is 2.23. The second-order valence-corrected chi connectivity index (χ2v) is 4.97. The van der Waals surface area contributed by atoms with Crippen LogP contribution in [0, 0.1) is 0 Å². The van der Waals surface area contributed by atoms with E-state index in [-0.39, 0.29) is 0 Å². The van der Waals surface area contributed by atoms with E-state index >= 15 is 0 Å². The van der Waals surface area contributed by atoms with Crippen LogP contribution in [0.4, 0.5) is 0 Å². The molecule has 2 aliphatic rings. The summed E-state index contributed by atoms with van der Waals surface area (Å²) in [5.41, 5.74) is 2.62. The summed E-state index contributed by atoms with van der Waals surface area (Å²) in [7, 11) is 0. The highest BCUT2D eigenvalue weighted by atomic mass is 14.9. The Morgan fingerprint density at radius 1 is 1.00 bits per heavy atom. The maximum atomic E-state index is 4.82. The molecule has 1 fully saturated rings. The Balaban J connectivity index is 1.83. The normalized spacial score (nSPS) is 21.9. The zero-order valence-corrected chi connectivity index (χ0v) is 10.2. The van der Waals surface area contributed by atoms with Gasteiger partial charge in [0.05, 0.1) is 0 Å². The van der Waals surface area contributed by atoms with Crippen molar-refractivity contribution in [3.8, 4) is 0 Å². The van der Waals surface area contributed by atoms with E-state index in [0.29, 0.717) is 5.92 Å². The van der Waals surface area contributed by atoms with E-state index in [0.717, 1.165) is 44.8 Å². The fourth-order valence-electron chi connectivity index (χ4n) is 2.71. The lowest BCUT2D eigenvalue weighted by atomic mass is 9.97. The molecule has 1 saturated heterocycles. The third-order valence-corrected chi connectivity index (χ3v) is 3.79. The third kappa shape index (κ3) is 2.48. The molecule has 1 aromatic heterocycles. The van der Waals surface area contributed by atoms with E-state index in [1.165, 1.54) is 24.1 Å². The summed E-state index contributed by atoms with van der Waals surface area (Å²) < 4.78 is 0. The van der Waals surface area contributed by atoms with Crippen LogP contribution in [0.3, 0.4) is 0 Å². The minimum absolute atomic E-state index is 0.567. The molecule has 0 aromatic carbocycles. The van der Waals surface area contributed by atoms with Crippen LogP contribution in [0.5, 0.6) is 0 Å². The molecule has 17 heavy (non-hydrogen) atoms. The smallest absolute Gasteiger partial charge is 0.131 e. The van der Waals surface area contributed by atoms with Crippen LogP contribution < -0.4 is 10.6 Å². The Labute approximate surface area is 102 Å². The Bertz CT molecular complexity index is 385. The Morgan fingerprint density at radius 2 is 1.76 bits per heavy atom. The number of fused-ring (bicyclic) bond motifs is 1. The lowest BCUT2D eigenvalue weighted by molar-refractivity contribution is 0.443. The highest BCUT2D eigenvalue weighted by Gasteiger charge is 2.19. The second kappa shape index (κ2) is 5.10. The monoisotopic (exact) mass is 232 g/mol. The number of aromatic nitrogens is 2. The van der Waals surface area contributed by atoms with Crippen molar-refractivity contribution in [3.05, 3.63) is 23.3 Å². The van der Waals surface area contributed by atoms with Gasteiger partial charge in [-0.3, -0.25) is 0 Å². The first kappa shape index (κ1) is 11.1. The molecule has 0 unspecified atom stereocenters. The molecule has 0 bridgehead atoms. The second-order valence-electron chi connectivity index (χ2n) is 4.97. The van der Waals surface area contributed by atoms with Crippen LogP contribution >= 0.6 is 0 Å². The number of hydrogen-bond donors (Lipinski definition) is 2. The van der Waals surface area contributed by atoms with E-state index in [1.807, 2.05) is 0 Å². The van der Waals surface area contributed by atoms with E-state index in [2.05, 4.69) is 21.8 Å². The number of piperidine rings is 1. The molecule has 3 heterocycles. The van der Waals surface area contributed by atoms with Crippen molar-refractivity contribution < 1.29 is 0 Å². The molecule has 0 aliphatic carbocycles. The number of nitrogens with one attached hydrogen (secondary N) is 2. The van der Waals surface area contributed by atoms with Gasteiger partial charge in [0.25, 0.3) is 0 Å². The van der Waals surface area contributed by atoms with Crippen molar-refractivity contribution in [2.24, 2.45) is 0 Å². The first-order valence-corrected chi connectivity index (χ1v) is 6.69. The van der Waals surface area contributed by atoms with Gasteiger partial charge < -0.3 is 10.6 Å². The van der Waals surface area contributed by atoms with Gasteiger partial charge in [-0.05, 0) is 44.5 Å². The van der Waals surface area contributed by atoms with Gasteiger partial charge in [-0.2, -0.15) is 0 Å².